The summed E-state index contributed by atoms with van der Waals surface area (Å²) >= 11 is 5.91. The number of anilines is 1. The number of nitrogen functional groups attached to an aromatic ring is 1. The van der Waals surface area contributed by atoms with Crippen LogP contribution in [0.2, 0.25) is 5.02 Å². The first-order valence-corrected chi connectivity index (χ1v) is 6.44. The Bertz CT molecular complexity index is 656. The van der Waals surface area contributed by atoms with Crippen molar-refractivity contribution in [2.75, 3.05) is 12.8 Å². The first-order chi connectivity index (χ1) is 9.51. The molecule has 0 aliphatic heterocycles. The van der Waals surface area contributed by atoms with Gasteiger partial charge in [-0.15, -0.1) is 0 Å². The number of carbonyl (C=O) groups is 1. The van der Waals surface area contributed by atoms with Crippen LogP contribution in [0.5, 0.6) is 11.5 Å². The zero-order valence-corrected chi connectivity index (χ0v) is 12.0. The highest BCUT2D eigenvalue weighted by atomic mass is 35.5. The molecule has 0 fully saturated rings. The fraction of sp³-hybridized carbons (Fsp3) is 0.133. The Morgan fingerprint density at radius 3 is 2.60 bits per heavy atom. The van der Waals surface area contributed by atoms with E-state index < -0.39 is 0 Å². The lowest BCUT2D eigenvalue weighted by atomic mass is 10.1. The van der Waals surface area contributed by atoms with Crippen molar-refractivity contribution in [3.8, 4) is 11.5 Å². The summed E-state index contributed by atoms with van der Waals surface area (Å²) in [6.45, 7) is 1.88. The van der Waals surface area contributed by atoms with E-state index in [-0.39, 0.29) is 5.91 Å². The van der Waals surface area contributed by atoms with Gasteiger partial charge in [-0.25, -0.2) is 0 Å². The fourth-order valence-corrected chi connectivity index (χ4v) is 2.02. The fourth-order valence-electron chi connectivity index (χ4n) is 1.79. The summed E-state index contributed by atoms with van der Waals surface area (Å²) in [6, 6.07) is 10.2. The van der Waals surface area contributed by atoms with Crippen LogP contribution in [-0.2, 0) is 0 Å². The van der Waals surface area contributed by atoms with Crippen LogP contribution >= 0.6 is 11.6 Å². The molecule has 3 N–H and O–H groups in total. The van der Waals surface area contributed by atoms with E-state index in [4.69, 9.17) is 22.1 Å². The molecule has 0 unspecified atom stereocenters. The quantitative estimate of drug-likeness (QED) is 0.852. The Kier molecular flexibility index (Phi) is 4.15. The van der Waals surface area contributed by atoms with Gasteiger partial charge in [0.2, 0.25) is 0 Å². The number of benzene rings is 2. The number of hydrogen-bond donors (Lipinski definition) is 2. The van der Waals surface area contributed by atoms with Crippen LogP contribution in [0.1, 0.15) is 15.9 Å². The topological polar surface area (TPSA) is 64.4 Å². The summed E-state index contributed by atoms with van der Waals surface area (Å²) < 4.78 is 5.80. The zero-order valence-electron chi connectivity index (χ0n) is 11.2. The molecular formula is C15H15ClN2O2. The standard InChI is InChI=1S/C15H15ClN2O2/c1-9-7-10(16)3-6-13(9)20-14-8-11(17)4-5-12(14)15(19)18-2/h3-8H,17H2,1-2H3,(H,18,19). The van der Waals surface area contributed by atoms with Crippen molar-refractivity contribution in [3.05, 3.63) is 52.5 Å². The predicted molar refractivity (Wildman–Crippen MR) is 80.5 cm³/mol. The number of halogens is 1. The third-order valence-electron chi connectivity index (χ3n) is 2.83. The van der Waals surface area contributed by atoms with E-state index in [0.717, 1.165) is 5.56 Å². The first-order valence-electron chi connectivity index (χ1n) is 6.07. The van der Waals surface area contributed by atoms with Gasteiger partial charge in [-0.2, -0.15) is 0 Å². The van der Waals surface area contributed by atoms with Gasteiger partial charge in [0, 0.05) is 23.8 Å². The minimum atomic E-state index is -0.230. The molecule has 0 atom stereocenters. The summed E-state index contributed by atoms with van der Waals surface area (Å²) in [4.78, 5) is 11.8. The van der Waals surface area contributed by atoms with Gasteiger partial charge < -0.3 is 15.8 Å². The number of rotatable bonds is 3. The van der Waals surface area contributed by atoms with Crippen molar-refractivity contribution in [1.29, 1.82) is 0 Å². The van der Waals surface area contributed by atoms with Crippen molar-refractivity contribution in [1.82, 2.24) is 5.32 Å². The van der Waals surface area contributed by atoms with Gasteiger partial charge in [-0.1, -0.05) is 11.6 Å². The zero-order chi connectivity index (χ0) is 14.7. The minimum absolute atomic E-state index is 0.230. The lowest BCUT2D eigenvalue weighted by Gasteiger charge is -2.13. The minimum Gasteiger partial charge on any atom is -0.456 e. The third kappa shape index (κ3) is 3.03. The van der Waals surface area contributed by atoms with Gasteiger partial charge in [-0.3, -0.25) is 4.79 Å². The molecule has 1 amide bonds. The highest BCUT2D eigenvalue weighted by Gasteiger charge is 2.13. The summed E-state index contributed by atoms with van der Waals surface area (Å²) in [5.74, 6) is 0.812. The van der Waals surface area contributed by atoms with Crippen LogP contribution in [0.15, 0.2) is 36.4 Å². The Labute approximate surface area is 122 Å². The lowest BCUT2D eigenvalue weighted by Crippen LogP contribution is -2.18. The highest BCUT2D eigenvalue weighted by molar-refractivity contribution is 6.30. The molecule has 4 nitrogen and oxygen atoms in total. The number of amides is 1. The average Bonchev–Trinajstić information content (AvgIpc) is 2.41. The maximum absolute atomic E-state index is 11.8. The van der Waals surface area contributed by atoms with Gasteiger partial charge in [-0.05, 0) is 42.8 Å². The summed E-state index contributed by atoms with van der Waals surface area (Å²) in [7, 11) is 1.57. The molecule has 2 aromatic carbocycles. The van der Waals surface area contributed by atoms with Crippen molar-refractivity contribution >= 4 is 23.2 Å². The second-order valence-electron chi connectivity index (χ2n) is 4.35. The van der Waals surface area contributed by atoms with Crippen molar-refractivity contribution in [2.45, 2.75) is 6.92 Å². The molecule has 0 spiro atoms. The monoisotopic (exact) mass is 290 g/mol. The normalized spacial score (nSPS) is 10.2. The third-order valence-corrected chi connectivity index (χ3v) is 3.07. The molecule has 0 saturated carbocycles. The van der Waals surface area contributed by atoms with Crippen LogP contribution in [-0.4, -0.2) is 13.0 Å². The molecule has 20 heavy (non-hydrogen) atoms. The van der Waals surface area contributed by atoms with E-state index in [1.54, 1.807) is 43.4 Å². The largest absolute Gasteiger partial charge is 0.456 e. The Balaban J connectivity index is 2.41. The van der Waals surface area contributed by atoms with Crippen LogP contribution in [0.25, 0.3) is 0 Å². The Hall–Kier alpha value is -2.20. The van der Waals surface area contributed by atoms with E-state index >= 15 is 0 Å². The number of carbonyl (C=O) groups excluding carboxylic acids is 1. The molecule has 0 heterocycles. The second kappa shape index (κ2) is 5.84. The highest BCUT2D eigenvalue weighted by Crippen LogP contribution is 2.31. The van der Waals surface area contributed by atoms with E-state index in [2.05, 4.69) is 5.32 Å². The van der Waals surface area contributed by atoms with E-state index in [9.17, 15) is 4.79 Å². The number of nitrogens with two attached hydrogens (primary N) is 1. The average molecular weight is 291 g/mol. The smallest absolute Gasteiger partial charge is 0.254 e. The molecule has 0 aromatic heterocycles. The van der Waals surface area contributed by atoms with Crippen LogP contribution < -0.4 is 15.8 Å². The molecule has 0 bridgehead atoms. The van der Waals surface area contributed by atoms with E-state index in [1.165, 1.54) is 0 Å². The van der Waals surface area contributed by atoms with Gasteiger partial charge in [0.1, 0.15) is 11.5 Å². The number of ether oxygens (including phenoxy) is 1. The van der Waals surface area contributed by atoms with Crippen molar-refractivity contribution < 1.29 is 9.53 Å². The molecule has 0 radical (unpaired) electrons. The maximum atomic E-state index is 11.8. The number of aryl methyl sites for hydroxylation is 1. The van der Waals surface area contributed by atoms with Gasteiger partial charge >= 0.3 is 0 Å². The lowest BCUT2D eigenvalue weighted by molar-refractivity contribution is 0.0961. The van der Waals surface area contributed by atoms with Gasteiger partial charge in [0.05, 0.1) is 5.56 Å². The summed E-state index contributed by atoms with van der Waals surface area (Å²) in [5.41, 5.74) is 7.58. The first kappa shape index (κ1) is 14.2. The number of hydrogen-bond acceptors (Lipinski definition) is 3. The van der Waals surface area contributed by atoms with Gasteiger partial charge in [0.25, 0.3) is 5.91 Å². The molecule has 0 aliphatic carbocycles. The predicted octanol–water partition coefficient (Wildman–Crippen LogP) is 3.38. The summed E-state index contributed by atoms with van der Waals surface area (Å²) in [6.07, 6.45) is 0. The van der Waals surface area contributed by atoms with Crippen LogP contribution in [0, 0.1) is 6.92 Å². The Morgan fingerprint density at radius 1 is 1.20 bits per heavy atom. The molecule has 2 aromatic rings. The van der Waals surface area contributed by atoms with Gasteiger partial charge in [0.15, 0.2) is 0 Å². The van der Waals surface area contributed by atoms with Crippen LogP contribution in [0.3, 0.4) is 0 Å². The maximum Gasteiger partial charge on any atom is 0.254 e. The van der Waals surface area contributed by atoms with E-state index in [0.29, 0.717) is 27.8 Å². The van der Waals surface area contributed by atoms with Crippen molar-refractivity contribution in [2.24, 2.45) is 0 Å². The van der Waals surface area contributed by atoms with E-state index in [1.807, 2.05) is 6.92 Å². The SMILES string of the molecule is CNC(=O)c1ccc(N)cc1Oc1ccc(Cl)cc1C. The molecule has 0 saturated heterocycles. The number of nitrogens with one attached hydrogen (secondary N) is 1. The molecule has 0 aliphatic rings. The van der Waals surface area contributed by atoms with Crippen LogP contribution in [0.4, 0.5) is 5.69 Å². The second-order valence-corrected chi connectivity index (χ2v) is 4.78. The summed E-state index contributed by atoms with van der Waals surface area (Å²) in [5, 5.41) is 3.20. The molecular weight excluding hydrogens is 276 g/mol. The molecule has 5 heteroatoms. The molecule has 2 rings (SSSR count). The van der Waals surface area contributed by atoms with Crippen molar-refractivity contribution in [3.63, 3.8) is 0 Å². The Morgan fingerprint density at radius 2 is 1.95 bits per heavy atom. The molecule has 104 valence electrons.